The molecule has 6 heteroatoms. The topological polar surface area (TPSA) is 59.1 Å². The largest absolute Gasteiger partial charge is 0.486 e. The molecule has 0 unspecified atom stereocenters. The molecule has 1 aromatic rings. The molecule has 2 aliphatic rings. The van der Waals surface area contributed by atoms with Gasteiger partial charge in [0.1, 0.15) is 18.5 Å². The van der Waals surface area contributed by atoms with E-state index in [0.717, 1.165) is 0 Å². The van der Waals surface area contributed by atoms with E-state index < -0.39 is 0 Å². The first-order chi connectivity index (χ1) is 10.1. The number of benzene rings is 1. The summed E-state index contributed by atoms with van der Waals surface area (Å²) in [6.45, 7) is 0.996. The Morgan fingerprint density at radius 3 is 2.90 bits per heavy atom. The van der Waals surface area contributed by atoms with E-state index in [1.54, 1.807) is 29.0 Å². The fourth-order valence-corrected chi connectivity index (χ4v) is 2.91. The van der Waals surface area contributed by atoms with Gasteiger partial charge in [-0.05, 0) is 12.1 Å². The summed E-state index contributed by atoms with van der Waals surface area (Å²) in [7, 11) is 3.25. The molecule has 2 heterocycles. The van der Waals surface area contributed by atoms with Crippen LogP contribution in [0.25, 0.3) is 0 Å². The van der Waals surface area contributed by atoms with Gasteiger partial charge >= 0.3 is 0 Å². The number of para-hydroxylation sites is 1. The third-order valence-electron chi connectivity index (χ3n) is 4.07. The Kier molecular flexibility index (Phi) is 3.55. The van der Waals surface area contributed by atoms with Crippen LogP contribution < -0.4 is 4.74 Å². The summed E-state index contributed by atoms with van der Waals surface area (Å²) in [4.78, 5) is 27.8. The van der Waals surface area contributed by atoms with Crippen molar-refractivity contribution in [3.05, 3.63) is 29.8 Å². The molecule has 0 spiro atoms. The van der Waals surface area contributed by atoms with Crippen molar-refractivity contribution < 1.29 is 19.1 Å². The second-order valence-electron chi connectivity index (χ2n) is 5.37. The highest BCUT2D eigenvalue weighted by Crippen LogP contribution is 2.30. The monoisotopic (exact) mass is 290 g/mol. The van der Waals surface area contributed by atoms with Crippen molar-refractivity contribution in [1.82, 2.24) is 9.80 Å². The van der Waals surface area contributed by atoms with Gasteiger partial charge in [0.25, 0.3) is 5.91 Å². The maximum absolute atomic E-state index is 12.5. The number of rotatable bonds is 2. The van der Waals surface area contributed by atoms with E-state index in [4.69, 9.17) is 9.47 Å². The van der Waals surface area contributed by atoms with Crippen molar-refractivity contribution in [2.75, 3.05) is 33.9 Å². The summed E-state index contributed by atoms with van der Waals surface area (Å²) in [5.74, 6) is 0.435. The van der Waals surface area contributed by atoms with Crippen LogP contribution in [0.1, 0.15) is 10.4 Å². The van der Waals surface area contributed by atoms with Gasteiger partial charge in [0.15, 0.2) is 0 Å². The van der Waals surface area contributed by atoms with Crippen molar-refractivity contribution >= 4 is 11.8 Å². The molecule has 0 radical (unpaired) electrons. The van der Waals surface area contributed by atoms with Gasteiger partial charge in [-0.3, -0.25) is 9.59 Å². The Hall–Kier alpha value is -2.08. The Bertz CT molecular complexity index is 575. The molecule has 0 aromatic heterocycles. The standard InChI is InChI=1S/C15H18N2O4/c1-16-11-7-17(14(18)9-20-2)8-13(11)21-12-6-4-3-5-10(12)15(16)19/h3-6,11,13H,7-9H2,1-2H3/t11-,13+/m1/s1. The fourth-order valence-electron chi connectivity index (χ4n) is 2.91. The van der Waals surface area contributed by atoms with Crippen LogP contribution in [-0.4, -0.2) is 67.6 Å². The van der Waals surface area contributed by atoms with Crippen molar-refractivity contribution in [1.29, 1.82) is 0 Å². The van der Waals surface area contributed by atoms with Crippen molar-refractivity contribution in [3.63, 3.8) is 0 Å². The van der Waals surface area contributed by atoms with Gasteiger partial charge < -0.3 is 19.3 Å². The average molecular weight is 290 g/mol. The number of hydrogen-bond acceptors (Lipinski definition) is 4. The predicted octanol–water partition coefficient (Wildman–Crippen LogP) is 0.377. The maximum atomic E-state index is 12.5. The van der Waals surface area contributed by atoms with E-state index in [0.29, 0.717) is 24.4 Å². The Labute approximate surface area is 123 Å². The van der Waals surface area contributed by atoms with Crippen molar-refractivity contribution in [2.24, 2.45) is 0 Å². The molecule has 2 amide bonds. The SMILES string of the molecule is COCC(=O)N1C[C@@H]2Oc3ccccc3C(=O)N(C)[C@@H]2C1. The number of carbonyl (C=O) groups is 2. The molecule has 21 heavy (non-hydrogen) atoms. The number of likely N-dealkylation sites (N-methyl/N-ethyl adjacent to an activating group) is 1. The predicted molar refractivity (Wildman–Crippen MR) is 75.2 cm³/mol. The highest BCUT2D eigenvalue weighted by molar-refractivity contribution is 5.97. The zero-order valence-corrected chi connectivity index (χ0v) is 12.1. The number of amides is 2. The summed E-state index contributed by atoms with van der Waals surface area (Å²) in [6.07, 6.45) is -0.205. The van der Waals surface area contributed by atoms with Crippen molar-refractivity contribution in [3.8, 4) is 5.75 Å². The van der Waals surface area contributed by atoms with Crippen LogP contribution in [0.2, 0.25) is 0 Å². The summed E-state index contributed by atoms with van der Waals surface area (Å²) in [5, 5.41) is 0. The number of hydrogen-bond donors (Lipinski definition) is 0. The Morgan fingerprint density at radius 1 is 1.38 bits per heavy atom. The van der Waals surface area contributed by atoms with Crippen LogP contribution in [0.4, 0.5) is 0 Å². The minimum atomic E-state index is -0.205. The minimum absolute atomic E-state index is 0.0493. The van der Waals surface area contributed by atoms with Crippen molar-refractivity contribution in [2.45, 2.75) is 12.1 Å². The van der Waals surface area contributed by atoms with Crippen LogP contribution in [0.3, 0.4) is 0 Å². The maximum Gasteiger partial charge on any atom is 0.257 e. The van der Waals surface area contributed by atoms with E-state index in [1.165, 1.54) is 7.11 Å². The lowest BCUT2D eigenvalue weighted by Crippen LogP contribution is -2.44. The molecule has 0 saturated carbocycles. The first-order valence-corrected chi connectivity index (χ1v) is 6.91. The summed E-state index contributed by atoms with van der Waals surface area (Å²) >= 11 is 0. The van der Waals surface area contributed by atoms with Gasteiger partial charge in [0.2, 0.25) is 5.91 Å². The Balaban J connectivity index is 1.86. The number of carbonyl (C=O) groups excluding carboxylic acids is 2. The first kappa shape index (κ1) is 13.9. The van der Waals surface area contributed by atoms with E-state index in [1.807, 2.05) is 12.1 Å². The zero-order valence-electron chi connectivity index (χ0n) is 12.1. The van der Waals surface area contributed by atoms with E-state index >= 15 is 0 Å². The van der Waals surface area contributed by atoms with Gasteiger partial charge in [0, 0.05) is 20.7 Å². The molecule has 2 atom stereocenters. The molecule has 0 aliphatic carbocycles. The van der Waals surface area contributed by atoms with Gasteiger partial charge in [-0.1, -0.05) is 12.1 Å². The Morgan fingerprint density at radius 2 is 2.14 bits per heavy atom. The number of likely N-dealkylation sites (tertiary alicyclic amines) is 1. The molecule has 3 rings (SSSR count). The summed E-state index contributed by atoms with van der Waals surface area (Å²) in [6, 6.07) is 7.09. The average Bonchev–Trinajstić information content (AvgIpc) is 2.87. The van der Waals surface area contributed by atoms with Gasteiger partial charge in [-0.25, -0.2) is 0 Å². The molecular weight excluding hydrogens is 272 g/mol. The second kappa shape index (κ2) is 5.37. The van der Waals surface area contributed by atoms with Gasteiger partial charge in [-0.2, -0.15) is 0 Å². The quantitative estimate of drug-likeness (QED) is 0.790. The van der Waals surface area contributed by atoms with E-state index in [2.05, 4.69) is 0 Å². The number of nitrogens with zero attached hydrogens (tertiary/aromatic N) is 2. The molecule has 0 bridgehead atoms. The third-order valence-corrected chi connectivity index (χ3v) is 4.07. The zero-order chi connectivity index (χ0) is 15.0. The van der Waals surface area contributed by atoms with Crippen LogP contribution in [0, 0.1) is 0 Å². The summed E-state index contributed by atoms with van der Waals surface area (Å²) in [5.41, 5.74) is 0.573. The first-order valence-electron chi connectivity index (χ1n) is 6.91. The highest BCUT2D eigenvalue weighted by atomic mass is 16.5. The third kappa shape index (κ3) is 2.35. The number of fused-ring (bicyclic) bond motifs is 2. The fraction of sp³-hybridized carbons (Fsp3) is 0.467. The van der Waals surface area contributed by atoms with Crippen LogP contribution in [0.5, 0.6) is 5.75 Å². The molecule has 1 saturated heterocycles. The number of ether oxygens (including phenoxy) is 2. The second-order valence-corrected chi connectivity index (χ2v) is 5.37. The highest BCUT2D eigenvalue weighted by Gasteiger charge is 2.43. The van der Waals surface area contributed by atoms with E-state index in [-0.39, 0.29) is 30.6 Å². The van der Waals surface area contributed by atoms with Crippen LogP contribution in [0.15, 0.2) is 24.3 Å². The normalized spacial score (nSPS) is 24.2. The molecule has 112 valence electrons. The molecule has 1 fully saturated rings. The molecule has 1 aromatic carbocycles. The lowest BCUT2D eigenvalue weighted by molar-refractivity contribution is -0.134. The number of methoxy groups -OCH3 is 1. The smallest absolute Gasteiger partial charge is 0.257 e. The summed E-state index contributed by atoms with van der Waals surface area (Å²) < 4.78 is 10.9. The van der Waals surface area contributed by atoms with Gasteiger partial charge in [-0.15, -0.1) is 0 Å². The van der Waals surface area contributed by atoms with Crippen LogP contribution >= 0.6 is 0 Å². The molecule has 2 aliphatic heterocycles. The molecule has 6 nitrogen and oxygen atoms in total. The van der Waals surface area contributed by atoms with Gasteiger partial charge in [0.05, 0.1) is 18.2 Å². The lowest BCUT2D eigenvalue weighted by atomic mass is 10.1. The van der Waals surface area contributed by atoms with E-state index in [9.17, 15) is 9.59 Å². The van der Waals surface area contributed by atoms with Crippen LogP contribution in [-0.2, 0) is 9.53 Å². The molecular formula is C15H18N2O4. The minimum Gasteiger partial charge on any atom is -0.486 e. The molecule has 0 N–H and O–H groups in total. The lowest BCUT2D eigenvalue weighted by Gasteiger charge is -2.24.